The van der Waals surface area contributed by atoms with Crippen LogP contribution in [-0.4, -0.2) is 31.5 Å². The van der Waals surface area contributed by atoms with E-state index in [2.05, 4.69) is 0 Å². The lowest BCUT2D eigenvalue weighted by Crippen LogP contribution is -2.37. The number of nitrogens with two attached hydrogens (primary N) is 1. The van der Waals surface area contributed by atoms with Gasteiger partial charge in [-0.3, -0.25) is 0 Å². The van der Waals surface area contributed by atoms with E-state index in [9.17, 15) is 0 Å². The molecule has 72 valence electrons. The molecule has 0 aromatic carbocycles. The predicted molar refractivity (Wildman–Crippen MR) is 48.0 cm³/mol. The van der Waals surface area contributed by atoms with Crippen LogP contribution in [0.4, 0.5) is 0 Å². The van der Waals surface area contributed by atoms with Gasteiger partial charge in [0.25, 0.3) is 0 Å². The molecule has 2 unspecified atom stereocenters. The molecule has 1 aliphatic heterocycles. The number of hydrogen-bond acceptors (Lipinski definition) is 3. The lowest BCUT2D eigenvalue weighted by atomic mass is 10.1. The van der Waals surface area contributed by atoms with Crippen LogP contribution in [0.15, 0.2) is 0 Å². The molecule has 1 fully saturated rings. The topological polar surface area (TPSA) is 44.5 Å². The Bertz CT molecular complexity index is 122. The van der Waals surface area contributed by atoms with Gasteiger partial charge in [-0.25, -0.2) is 0 Å². The molecule has 0 aliphatic carbocycles. The molecule has 2 N–H and O–H groups in total. The van der Waals surface area contributed by atoms with Crippen molar-refractivity contribution in [1.82, 2.24) is 0 Å². The molecule has 12 heavy (non-hydrogen) atoms. The highest BCUT2D eigenvalue weighted by atomic mass is 16.5. The SMILES string of the molecule is CC(C)OC(CN)C1CCCO1. The lowest BCUT2D eigenvalue weighted by molar-refractivity contribution is -0.0676. The molecule has 0 aromatic rings. The number of ether oxygens (including phenoxy) is 2. The van der Waals surface area contributed by atoms with Crippen molar-refractivity contribution in [3.63, 3.8) is 0 Å². The Morgan fingerprint density at radius 3 is 2.75 bits per heavy atom. The summed E-state index contributed by atoms with van der Waals surface area (Å²) in [5.74, 6) is 0. The highest BCUT2D eigenvalue weighted by molar-refractivity contribution is 4.76. The minimum atomic E-state index is 0.0903. The molecule has 1 aliphatic rings. The Balaban J connectivity index is 2.32. The maximum Gasteiger partial charge on any atom is 0.0961 e. The predicted octanol–water partition coefficient (Wildman–Crippen LogP) is 0.918. The summed E-state index contributed by atoms with van der Waals surface area (Å²) in [6, 6.07) is 0. The van der Waals surface area contributed by atoms with Crippen LogP contribution in [0, 0.1) is 0 Å². The van der Waals surface area contributed by atoms with Crippen LogP contribution >= 0.6 is 0 Å². The second kappa shape index (κ2) is 4.80. The second-order valence-electron chi connectivity index (χ2n) is 3.51. The number of rotatable bonds is 4. The monoisotopic (exact) mass is 173 g/mol. The first-order valence-electron chi connectivity index (χ1n) is 4.71. The third-order valence-electron chi connectivity index (χ3n) is 2.06. The van der Waals surface area contributed by atoms with Crippen LogP contribution in [0.5, 0.6) is 0 Å². The molecule has 0 amide bonds. The molecule has 1 saturated heterocycles. The van der Waals surface area contributed by atoms with Crippen molar-refractivity contribution >= 4 is 0 Å². The van der Waals surface area contributed by atoms with Gasteiger partial charge in [-0.2, -0.15) is 0 Å². The van der Waals surface area contributed by atoms with E-state index in [1.807, 2.05) is 13.8 Å². The summed E-state index contributed by atoms with van der Waals surface area (Å²) < 4.78 is 11.1. The molecule has 0 aromatic heterocycles. The summed E-state index contributed by atoms with van der Waals surface area (Å²) in [4.78, 5) is 0. The maximum absolute atomic E-state index is 5.63. The van der Waals surface area contributed by atoms with Crippen LogP contribution in [0.25, 0.3) is 0 Å². The molecule has 0 radical (unpaired) electrons. The summed E-state index contributed by atoms with van der Waals surface area (Å²) in [6.45, 7) is 5.47. The van der Waals surface area contributed by atoms with E-state index >= 15 is 0 Å². The highest BCUT2D eigenvalue weighted by Crippen LogP contribution is 2.18. The number of hydrogen-bond donors (Lipinski definition) is 1. The third kappa shape index (κ3) is 2.73. The molecule has 0 saturated carbocycles. The molecule has 3 heteroatoms. The van der Waals surface area contributed by atoms with Gasteiger partial charge in [-0.15, -0.1) is 0 Å². The van der Waals surface area contributed by atoms with E-state index < -0.39 is 0 Å². The van der Waals surface area contributed by atoms with Gasteiger partial charge in [0.1, 0.15) is 0 Å². The van der Waals surface area contributed by atoms with Gasteiger partial charge in [0.05, 0.1) is 18.3 Å². The zero-order valence-electron chi connectivity index (χ0n) is 7.95. The molecular formula is C9H19NO2. The van der Waals surface area contributed by atoms with E-state index in [1.54, 1.807) is 0 Å². The third-order valence-corrected chi connectivity index (χ3v) is 2.06. The Morgan fingerprint density at radius 2 is 2.33 bits per heavy atom. The Morgan fingerprint density at radius 1 is 1.58 bits per heavy atom. The fourth-order valence-corrected chi connectivity index (χ4v) is 1.54. The Labute approximate surface area is 74.2 Å². The Kier molecular flexibility index (Phi) is 3.98. The molecule has 1 heterocycles. The average Bonchev–Trinajstić information content (AvgIpc) is 2.51. The second-order valence-corrected chi connectivity index (χ2v) is 3.51. The van der Waals surface area contributed by atoms with E-state index in [-0.39, 0.29) is 18.3 Å². The van der Waals surface area contributed by atoms with Crippen molar-refractivity contribution in [3.05, 3.63) is 0 Å². The van der Waals surface area contributed by atoms with E-state index in [0.717, 1.165) is 19.4 Å². The first-order valence-corrected chi connectivity index (χ1v) is 4.71. The van der Waals surface area contributed by atoms with Gasteiger partial charge < -0.3 is 15.2 Å². The summed E-state index contributed by atoms with van der Waals surface area (Å²) >= 11 is 0. The van der Waals surface area contributed by atoms with Crippen LogP contribution in [0.2, 0.25) is 0 Å². The maximum atomic E-state index is 5.63. The van der Waals surface area contributed by atoms with Crippen LogP contribution in [0.1, 0.15) is 26.7 Å². The highest BCUT2D eigenvalue weighted by Gasteiger charge is 2.25. The average molecular weight is 173 g/mol. The largest absolute Gasteiger partial charge is 0.375 e. The van der Waals surface area contributed by atoms with E-state index in [4.69, 9.17) is 15.2 Å². The van der Waals surface area contributed by atoms with Gasteiger partial charge in [0.2, 0.25) is 0 Å². The Hall–Kier alpha value is -0.120. The van der Waals surface area contributed by atoms with E-state index in [0.29, 0.717) is 6.54 Å². The summed E-state index contributed by atoms with van der Waals surface area (Å²) in [7, 11) is 0. The zero-order chi connectivity index (χ0) is 8.97. The quantitative estimate of drug-likeness (QED) is 0.687. The molecular weight excluding hydrogens is 154 g/mol. The molecule has 0 spiro atoms. The first kappa shape index (κ1) is 9.96. The minimum Gasteiger partial charge on any atom is -0.375 e. The van der Waals surface area contributed by atoms with Crippen molar-refractivity contribution in [1.29, 1.82) is 0 Å². The van der Waals surface area contributed by atoms with Gasteiger partial charge in [-0.05, 0) is 26.7 Å². The molecule has 2 atom stereocenters. The summed E-state index contributed by atoms with van der Waals surface area (Å²) in [5.41, 5.74) is 5.60. The first-order chi connectivity index (χ1) is 5.74. The summed E-state index contributed by atoms with van der Waals surface area (Å²) in [5, 5.41) is 0. The standard InChI is InChI=1S/C9H19NO2/c1-7(2)12-9(6-10)8-4-3-5-11-8/h7-9H,3-6,10H2,1-2H3. The van der Waals surface area contributed by atoms with Crippen LogP contribution < -0.4 is 5.73 Å². The molecule has 0 bridgehead atoms. The van der Waals surface area contributed by atoms with Gasteiger partial charge >= 0.3 is 0 Å². The van der Waals surface area contributed by atoms with E-state index in [1.165, 1.54) is 0 Å². The van der Waals surface area contributed by atoms with Crippen LogP contribution in [0.3, 0.4) is 0 Å². The van der Waals surface area contributed by atoms with Gasteiger partial charge in [0.15, 0.2) is 0 Å². The normalized spacial score (nSPS) is 26.5. The lowest BCUT2D eigenvalue weighted by Gasteiger charge is -2.23. The zero-order valence-corrected chi connectivity index (χ0v) is 7.95. The minimum absolute atomic E-state index is 0.0903. The molecule has 1 rings (SSSR count). The van der Waals surface area contributed by atoms with Crippen molar-refractivity contribution in [2.75, 3.05) is 13.2 Å². The fraction of sp³-hybridized carbons (Fsp3) is 1.00. The van der Waals surface area contributed by atoms with Crippen molar-refractivity contribution in [2.24, 2.45) is 5.73 Å². The van der Waals surface area contributed by atoms with Gasteiger partial charge in [0, 0.05) is 13.2 Å². The smallest absolute Gasteiger partial charge is 0.0961 e. The van der Waals surface area contributed by atoms with Crippen molar-refractivity contribution in [3.8, 4) is 0 Å². The molecule has 3 nitrogen and oxygen atoms in total. The van der Waals surface area contributed by atoms with Crippen molar-refractivity contribution < 1.29 is 9.47 Å². The summed E-state index contributed by atoms with van der Waals surface area (Å²) in [6.07, 6.45) is 2.80. The van der Waals surface area contributed by atoms with Crippen molar-refractivity contribution in [2.45, 2.75) is 45.0 Å². The van der Waals surface area contributed by atoms with Gasteiger partial charge in [-0.1, -0.05) is 0 Å². The van der Waals surface area contributed by atoms with Crippen LogP contribution in [-0.2, 0) is 9.47 Å². The fourth-order valence-electron chi connectivity index (χ4n) is 1.54.